The number of fused-ring (bicyclic) bond motifs is 1. The van der Waals surface area contributed by atoms with Crippen LogP contribution in [0.4, 0.5) is 0 Å². The second kappa shape index (κ2) is 3.18. The SMILES string of the molecule is C=CCn1c(=S)oc2ccccc21. The molecule has 0 amide bonds. The van der Waals surface area contributed by atoms with Crippen LogP contribution in [-0.4, -0.2) is 4.57 Å². The zero-order chi connectivity index (χ0) is 9.26. The summed E-state index contributed by atoms with van der Waals surface area (Å²) in [4.78, 5) is 0.501. The summed E-state index contributed by atoms with van der Waals surface area (Å²) >= 11 is 5.07. The maximum atomic E-state index is 5.38. The number of rotatable bonds is 2. The minimum Gasteiger partial charge on any atom is -0.429 e. The van der Waals surface area contributed by atoms with E-state index in [9.17, 15) is 0 Å². The van der Waals surface area contributed by atoms with E-state index in [4.69, 9.17) is 16.6 Å². The number of hydrogen-bond acceptors (Lipinski definition) is 2. The number of allylic oxidation sites excluding steroid dienone is 1. The number of para-hydroxylation sites is 2. The first-order chi connectivity index (χ1) is 6.33. The van der Waals surface area contributed by atoms with Crippen molar-refractivity contribution in [2.45, 2.75) is 6.54 Å². The summed E-state index contributed by atoms with van der Waals surface area (Å²) in [5.74, 6) is 0. The van der Waals surface area contributed by atoms with E-state index in [0.717, 1.165) is 11.1 Å². The maximum absolute atomic E-state index is 5.38. The fourth-order valence-corrected chi connectivity index (χ4v) is 1.58. The molecule has 3 heteroatoms. The van der Waals surface area contributed by atoms with Crippen LogP contribution in [-0.2, 0) is 6.54 Å². The second-order valence-electron chi connectivity index (χ2n) is 2.73. The molecular formula is C10H9NOS. The Morgan fingerprint density at radius 1 is 1.46 bits per heavy atom. The number of benzene rings is 1. The van der Waals surface area contributed by atoms with Crippen molar-refractivity contribution in [2.75, 3.05) is 0 Å². The molecule has 2 rings (SSSR count). The summed E-state index contributed by atoms with van der Waals surface area (Å²) in [7, 11) is 0. The number of nitrogens with zero attached hydrogens (tertiary/aromatic N) is 1. The average molecular weight is 191 g/mol. The van der Waals surface area contributed by atoms with Gasteiger partial charge in [0.2, 0.25) is 0 Å². The summed E-state index contributed by atoms with van der Waals surface area (Å²) < 4.78 is 7.30. The summed E-state index contributed by atoms with van der Waals surface area (Å²) in [6, 6.07) is 7.79. The molecule has 0 aliphatic carbocycles. The lowest BCUT2D eigenvalue weighted by molar-refractivity contribution is 0.551. The van der Waals surface area contributed by atoms with Gasteiger partial charge in [-0.2, -0.15) is 0 Å². The van der Waals surface area contributed by atoms with Crippen molar-refractivity contribution in [2.24, 2.45) is 0 Å². The molecule has 0 unspecified atom stereocenters. The Kier molecular flexibility index (Phi) is 2.02. The molecule has 1 heterocycles. The molecule has 2 aromatic rings. The van der Waals surface area contributed by atoms with E-state index in [1.54, 1.807) is 6.08 Å². The molecule has 0 saturated heterocycles. The number of oxazole rings is 1. The third-order valence-electron chi connectivity index (χ3n) is 1.89. The maximum Gasteiger partial charge on any atom is 0.269 e. The Bertz CT molecular complexity index is 495. The van der Waals surface area contributed by atoms with Crippen LogP contribution in [0.1, 0.15) is 0 Å². The topological polar surface area (TPSA) is 18.1 Å². The Morgan fingerprint density at radius 3 is 3.00 bits per heavy atom. The minimum atomic E-state index is 0.501. The van der Waals surface area contributed by atoms with Crippen LogP contribution >= 0.6 is 12.2 Å². The quantitative estimate of drug-likeness (QED) is 0.536. The van der Waals surface area contributed by atoms with Gasteiger partial charge in [0.15, 0.2) is 5.58 Å². The summed E-state index contributed by atoms with van der Waals surface area (Å²) in [6.45, 7) is 4.37. The van der Waals surface area contributed by atoms with Gasteiger partial charge in [-0.15, -0.1) is 6.58 Å². The van der Waals surface area contributed by atoms with Gasteiger partial charge in [0.05, 0.1) is 5.52 Å². The molecule has 0 aliphatic heterocycles. The van der Waals surface area contributed by atoms with Crippen LogP contribution in [0.3, 0.4) is 0 Å². The Morgan fingerprint density at radius 2 is 2.23 bits per heavy atom. The zero-order valence-electron chi connectivity index (χ0n) is 7.06. The van der Waals surface area contributed by atoms with Crippen LogP contribution in [0.5, 0.6) is 0 Å². The highest BCUT2D eigenvalue weighted by molar-refractivity contribution is 7.71. The summed E-state index contributed by atoms with van der Waals surface area (Å²) in [6.07, 6.45) is 1.80. The molecule has 0 aliphatic rings. The molecule has 0 bridgehead atoms. The van der Waals surface area contributed by atoms with Crippen LogP contribution in [0, 0.1) is 4.84 Å². The van der Waals surface area contributed by atoms with Crippen LogP contribution in [0.15, 0.2) is 41.3 Å². The molecule has 0 saturated carbocycles. The predicted molar refractivity (Wildman–Crippen MR) is 55.2 cm³/mol. The van der Waals surface area contributed by atoms with Gasteiger partial charge in [-0.05, 0) is 24.4 Å². The molecule has 0 spiro atoms. The van der Waals surface area contributed by atoms with E-state index in [1.165, 1.54) is 0 Å². The molecule has 1 aromatic heterocycles. The fourth-order valence-electron chi connectivity index (χ4n) is 1.32. The van der Waals surface area contributed by atoms with Crippen molar-refractivity contribution in [3.05, 3.63) is 41.8 Å². The Labute approximate surface area is 81.1 Å². The third kappa shape index (κ3) is 1.31. The van der Waals surface area contributed by atoms with E-state index >= 15 is 0 Å². The highest BCUT2D eigenvalue weighted by atomic mass is 32.1. The molecule has 0 atom stereocenters. The van der Waals surface area contributed by atoms with E-state index in [1.807, 2.05) is 28.8 Å². The van der Waals surface area contributed by atoms with Gasteiger partial charge >= 0.3 is 0 Å². The van der Waals surface area contributed by atoms with Gasteiger partial charge in [0.25, 0.3) is 4.84 Å². The van der Waals surface area contributed by atoms with Crippen molar-refractivity contribution < 1.29 is 4.42 Å². The highest BCUT2D eigenvalue weighted by Gasteiger charge is 2.02. The standard InChI is InChI=1S/C10H9NOS/c1-2-7-11-8-5-3-4-6-9(8)12-10(11)13/h2-6H,1,7H2. The Hall–Kier alpha value is -1.35. The first-order valence-corrected chi connectivity index (χ1v) is 4.43. The van der Waals surface area contributed by atoms with Crippen molar-refractivity contribution in [3.8, 4) is 0 Å². The molecule has 0 fully saturated rings. The minimum absolute atomic E-state index is 0.501. The molecule has 0 radical (unpaired) electrons. The lowest BCUT2D eigenvalue weighted by atomic mass is 10.3. The third-order valence-corrected chi connectivity index (χ3v) is 2.19. The second-order valence-corrected chi connectivity index (χ2v) is 3.08. The lowest BCUT2D eigenvalue weighted by Gasteiger charge is -1.95. The van der Waals surface area contributed by atoms with Crippen molar-refractivity contribution >= 4 is 23.3 Å². The molecule has 0 N–H and O–H groups in total. The smallest absolute Gasteiger partial charge is 0.269 e. The molecule has 1 aromatic carbocycles. The lowest BCUT2D eigenvalue weighted by Crippen LogP contribution is -1.93. The summed E-state index contributed by atoms with van der Waals surface area (Å²) in [5.41, 5.74) is 1.85. The van der Waals surface area contributed by atoms with Gasteiger partial charge in [0.1, 0.15) is 0 Å². The fraction of sp³-hybridized carbons (Fsp3) is 0.100. The van der Waals surface area contributed by atoms with Crippen molar-refractivity contribution in [3.63, 3.8) is 0 Å². The van der Waals surface area contributed by atoms with E-state index in [2.05, 4.69) is 6.58 Å². The first-order valence-electron chi connectivity index (χ1n) is 4.02. The van der Waals surface area contributed by atoms with Gasteiger partial charge in [0, 0.05) is 6.54 Å². The van der Waals surface area contributed by atoms with Crippen LogP contribution < -0.4 is 0 Å². The van der Waals surface area contributed by atoms with Crippen molar-refractivity contribution in [1.29, 1.82) is 0 Å². The van der Waals surface area contributed by atoms with E-state index in [0.29, 0.717) is 11.4 Å². The largest absolute Gasteiger partial charge is 0.429 e. The Balaban J connectivity index is 2.78. The van der Waals surface area contributed by atoms with Gasteiger partial charge in [-0.3, -0.25) is 4.57 Å². The predicted octanol–water partition coefficient (Wildman–Crippen LogP) is 3.15. The molecule has 13 heavy (non-hydrogen) atoms. The van der Waals surface area contributed by atoms with E-state index in [-0.39, 0.29) is 0 Å². The van der Waals surface area contributed by atoms with E-state index < -0.39 is 0 Å². The number of hydrogen-bond donors (Lipinski definition) is 0. The monoisotopic (exact) mass is 191 g/mol. The average Bonchev–Trinajstić information content (AvgIpc) is 2.44. The molecule has 66 valence electrons. The van der Waals surface area contributed by atoms with Crippen LogP contribution in [0.2, 0.25) is 0 Å². The molecular weight excluding hydrogens is 182 g/mol. The van der Waals surface area contributed by atoms with Crippen molar-refractivity contribution in [1.82, 2.24) is 4.57 Å². The first kappa shape index (κ1) is 8.26. The highest BCUT2D eigenvalue weighted by Crippen LogP contribution is 2.16. The van der Waals surface area contributed by atoms with Gasteiger partial charge in [-0.1, -0.05) is 18.2 Å². The number of aromatic nitrogens is 1. The molecule has 2 nitrogen and oxygen atoms in total. The summed E-state index contributed by atoms with van der Waals surface area (Å²) in [5, 5.41) is 0. The zero-order valence-corrected chi connectivity index (χ0v) is 7.88. The van der Waals surface area contributed by atoms with Gasteiger partial charge < -0.3 is 4.42 Å². The van der Waals surface area contributed by atoms with Crippen LogP contribution in [0.25, 0.3) is 11.1 Å². The normalized spacial score (nSPS) is 10.5. The van der Waals surface area contributed by atoms with Gasteiger partial charge in [-0.25, -0.2) is 0 Å².